The van der Waals surface area contributed by atoms with Crippen LogP contribution in [0.25, 0.3) is 0 Å². The van der Waals surface area contributed by atoms with Gasteiger partial charge in [0.15, 0.2) is 0 Å². The van der Waals surface area contributed by atoms with E-state index in [4.69, 9.17) is 15.2 Å². The van der Waals surface area contributed by atoms with Crippen molar-refractivity contribution in [3.63, 3.8) is 0 Å². The van der Waals surface area contributed by atoms with Crippen LogP contribution in [-0.4, -0.2) is 25.3 Å². The van der Waals surface area contributed by atoms with Gasteiger partial charge in [-0.3, -0.25) is 0 Å². The van der Waals surface area contributed by atoms with Crippen molar-refractivity contribution in [3.05, 3.63) is 29.3 Å². The van der Waals surface area contributed by atoms with Crippen LogP contribution in [0.5, 0.6) is 0 Å². The van der Waals surface area contributed by atoms with Crippen molar-refractivity contribution < 1.29 is 23.0 Å². The van der Waals surface area contributed by atoms with E-state index in [1.54, 1.807) is 0 Å². The Morgan fingerprint density at radius 2 is 2.20 bits per heavy atom. The number of carbonyl (C=O) groups excluding carboxylic acids is 1. The van der Waals surface area contributed by atoms with E-state index < -0.39 is 23.2 Å². The van der Waals surface area contributed by atoms with Crippen LogP contribution in [0.2, 0.25) is 0 Å². The minimum Gasteiger partial charge on any atom is -0.462 e. The van der Waals surface area contributed by atoms with Gasteiger partial charge in [0, 0.05) is 12.7 Å². The van der Waals surface area contributed by atoms with Gasteiger partial charge in [-0.15, -0.1) is 0 Å². The van der Waals surface area contributed by atoms with Crippen LogP contribution in [0, 0.1) is 11.6 Å². The molecular formula is C14H17F2NO3. The summed E-state index contributed by atoms with van der Waals surface area (Å²) in [6.07, 6.45) is 3.73. The molecule has 6 heteroatoms. The molecule has 0 radical (unpaired) electrons. The largest absolute Gasteiger partial charge is 0.462 e. The number of ether oxygens (including phenoxy) is 2. The molecule has 110 valence electrons. The average molecular weight is 285 g/mol. The van der Waals surface area contributed by atoms with Gasteiger partial charge in [-0.05, 0) is 31.7 Å². The zero-order chi connectivity index (χ0) is 14.5. The van der Waals surface area contributed by atoms with E-state index >= 15 is 0 Å². The molecule has 0 aliphatic carbocycles. The maximum absolute atomic E-state index is 13.5. The lowest BCUT2D eigenvalue weighted by atomic mass is 10.1. The Labute approximate surface area is 115 Å². The van der Waals surface area contributed by atoms with E-state index in [-0.39, 0.29) is 18.4 Å². The molecule has 0 aromatic heterocycles. The zero-order valence-corrected chi connectivity index (χ0v) is 11.0. The van der Waals surface area contributed by atoms with Crippen LogP contribution < -0.4 is 5.73 Å². The SMILES string of the molecule is Nc1cc(F)c(C(=O)OCCCC2CCCO2)cc1F. The third-order valence-corrected chi connectivity index (χ3v) is 3.23. The Morgan fingerprint density at radius 3 is 2.90 bits per heavy atom. The molecule has 0 spiro atoms. The maximum atomic E-state index is 13.5. The molecule has 1 atom stereocenters. The maximum Gasteiger partial charge on any atom is 0.341 e. The third kappa shape index (κ3) is 3.66. The molecule has 0 saturated carbocycles. The standard InChI is InChI=1S/C14H17F2NO3/c15-11-8-13(17)12(16)7-10(11)14(18)20-6-2-4-9-3-1-5-19-9/h7-9H,1-6,17H2. The Balaban J connectivity index is 1.81. The molecule has 2 rings (SSSR count). The summed E-state index contributed by atoms with van der Waals surface area (Å²) in [5.74, 6) is -2.60. The summed E-state index contributed by atoms with van der Waals surface area (Å²) >= 11 is 0. The van der Waals surface area contributed by atoms with E-state index in [9.17, 15) is 13.6 Å². The zero-order valence-electron chi connectivity index (χ0n) is 11.0. The molecule has 2 N–H and O–H groups in total. The topological polar surface area (TPSA) is 61.6 Å². The molecule has 1 aromatic carbocycles. The van der Waals surface area contributed by atoms with Crippen molar-refractivity contribution in [1.29, 1.82) is 0 Å². The minimum atomic E-state index is -0.881. The van der Waals surface area contributed by atoms with Crippen LogP contribution in [0.3, 0.4) is 0 Å². The quantitative estimate of drug-likeness (QED) is 0.513. The van der Waals surface area contributed by atoms with Crippen LogP contribution in [-0.2, 0) is 9.47 Å². The third-order valence-electron chi connectivity index (χ3n) is 3.23. The molecule has 0 bridgehead atoms. The number of benzene rings is 1. The van der Waals surface area contributed by atoms with Gasteiger partial charge in [0.05, 0.1) is 24.0 Å². The Bertz CT molecular complexity index is 488. The summed E-state index contributed by atoms with van der Waals surface area (Å²) in [4.78, 5) is 11.6. The summed E-state index contributed by atoms with van der Waals surface area (Å²) in [6.45, 7) is 0.935. The summed E-state index contributed by atoms with van der Waals surface area (Å²) in [6, 6.07) is 1.53. The number of nitrogen functional groups attached to an aromatic ring is 1. The number of hydrogen-bond acceptors (Lipinski definition) is 4. The molecule has 0 amide bonds. The van der Waals surface area contributed by atoms with Crippen molar-refractivity contribution in [3.8, 4) is 0 Å². The van der Waals surface area contributed by atoms with Crippen molar-refractivity contribution in [1.82, 2.24) is 0 Å². The number of rotatable bonds is 5. The lowest BCUT2D eigenvalue weighted by molar-refractivity contribution is 0.0456. The van der Waals surface area contributed by atoms with Crippen molar-refractivity contribution in [2.75, 3.05) is 18.9 Å². The first-order chi connectivity index (χ1) is 9.58. The second-order valence-corrected chi connectivity index (χ2v) is 4.77. The fraction of sp³-hybridized carbons (Fsp3) is 0.500. The monoisotopic (exact) mass is 285 g/mol. The predicted octanol–water partition coefficient (Wildman–Crippen LogP) is 2.66. The average Bonchev–Trinajstić information content (AvgIpc) is 2.92. The number of anilines is 1. The summed E-state index contributed by atoms with van der Waals surface area (Å²) in [7, 11) is 0. The molecule has 1 aromatic rings. The van der Waals surface area contributed by atoms with Crippen LogP contribution >= 0.6 is 0 Å². The molecule has 1 fully saturated rings. The summed E-state index contributed by atoms with van der Waals surface area (Å²) < 4.78 is 37.0. The van der Waals surface area contributed by atoms with Gasteiger partial charge >= 0.3 is 5.97 Å². The molecule has 1 heterocycles. The Hall–Kier alpha value is -1.69. The summed E-state index contributed by atoms with van der Waals surface area (Å²) in [5, 5.41) is 0. The van der Waals surface area contributed by atoms with Crippen LogP contribution in [0.1, 0.15) is 36.0 Å². The first-order valence-corrected chi connectivity index (χ1v) is 6.61. The van der Waals surface area contributed by atoms with Gasteiger partial charge in [0.25, 0.3) is 0 Å². The second-order valence-electron chi connectivity index (χ2n) is 4.77. The van der Waals surface area contributed by atoms with Gasteiger partial charge in [-0.25, -0.2) is 13.6 Å². The highest BCUT2D eigenvalue weighted by atomic mass is 19.1. The van der Waals surface area contributed by atoms with Crippen LogP contribution in [0.4, 0.5) is 14.5 Å². The fourth-order valence-corrected chi connectivity index (χ4v) is 2.14. The molecule has 4 nitrogen and oxygen atoms in total. The lowest BCUT2D eigenvalue weighted by Crippen LogP contribution is -2.12. The highest BCUT2D eigenvalue weighted by molar-refractivity contribution is 5.90. The first-order valence-electron chi connectivity index (χ1n) is 6.61. The number of halogens is 2. The predicted molar refractivity (Wildman–Crippen MR) is 69.3 cm³/mol. The van der Waals surface area contributed by atoms with Gasteiger partial charge < -0.3 is 15.2 Å². The van der Waals surface area contributed by atoms with E-state index in [1.807, 2.05) is 0 Å². The van der Waals surface area contributed by atoms with Gasteiger partial charge in [-0.2, -0.15) is 0 Å². The fourth-order valence-electron chi connectivity index (χ4n) is 2.14. The van der Waals surface area contributed by atoms with Gasteiger partial charge in [0.2, 0.25) is 0 Å². The Kier molecular flexibility index (Phi) is 4.89. The molecule has 1 aliphatic rings. The first kappa shape index (κ1) is 14.7. The lowest BCUT2D eigenvalue weighted by Gasteiger charge is -2.10. The Morgan fingerprint density at radius 1 is 1.40 bits per heavy atom. The number of hydrogen-bond donors (Lipinski definition) is 1. The van der Waals surface area contributed by atoms with Gasteiger partial charge in [0.1, 0.15) is 11.6 Å². The molecule has 1 unspecified atom stereocenters. The molecule has 1 saturated heterocycles. The number of esters is 1. The van der Waals surface area contributed by atoms with E-state index in [0.717, 1.165) is 38.0 Å². The second kappa shape index (κ2) is 6.65. The molecule has 20 heavy (non-hydrogen) atoms. The van der Waals surface area contributed by atoms with Crippen molar-refractivity contribution in [2.24, 2.45) is 0 Å². The highest BCUT2D eigenvalue weighted by Crippen LogP contribution is 2.19. The van der Waals surface area contributed by atoms with Gasteiger partial charge in [-0.1, -0.05) is 0 Å². The van der Waals surface area contributed by atoms with E-state index in [2.05, 4.69) is 0 Å². The number of nitrogens with two attached hydrogens (primary N) is 1. The van der Waals surface area contributed by atoms with Crippen molar-refractivity contribution >= 4 is 11.7 Å². The van der Waals surface area contributed by atoms with Crippen molar-refractivity contribution in [2.45, 2.75) is 31.8 Å². The number of carbonyl (C=O) groups is 1. The minimum absolute atomic E-state index is 0.157. The van der Waals surface area contributed by atoms with Crippen LogP contribution in [0.15, 0.2) is 12.1 Å². The smallest absolute Gasteiger partial charge is 0.341 e. The molecular weight excluding hydrogens is 268 g/mol. The van der Waals surface area contributed by atoms with E-state index in [1.165, 1.54) is 0 Å². The highest BCUT2D eigenvalue weighted by Gasteiger charge is 2.18. The molecule has 1 aliphatic heterocycles. The normalized spacial score (nSPS) is 18.2. The van der Waals surface area contributed by atoms with E-state index in [0.29, 0.717) is 6.42 Å². The summed E-state index contributed by atoms with van der Waals surface area (Å²) in [5.41, 5.74) is 4.43.